The van der Waals surface area contributed by atoms with Gasteiger partial charge in [0.15, 0.2) is 5.12 Å². The molecule has 0 aromatic heterocycles. The standard InChI is InChI=1S/C12H24OS/c1-3-5-6-7-8-10-11(9-4-2)12(13)14/h11H,3-10H2,1-2H3,(H,13,14). The molecule has 0 fully saturated rings. The van der Waals surface area contributed by atoms with E-state index in [2.05, 4.69) is 26.5 Å². The first-order chi connectivity index (χ1) is 6.72. The summed E-state index contributed by atoms with van der Waals surface area (Å²) in [6, 6.07) is 0. The van der Waals surface area contributed by atoms with Crippen molar-refractivity contribution in [3.8, 4) is 0 Å². The topological polar surface area (TPSA) is 17.1 Å². The smallest absolute Gasteiger partial charge is 0.188 e. The highest BCUT2D eigenvalue weighted by atomic mass is 32.1. The van der Waals surface area contributed by atoms with Crippen LogP contribution in [0.15, 0.2) is 0 Å². The van der Waals surface area contributed by atoms with Gasteiger partial charge in [-0.2, -0.15) is 0 Å². The lowest BCUT2D eigenvalue weighted by atomic mass is 9.97. The van der Waals surface area contributed by atoms with Crippen LogP contribution in [0.4, 0.5) is 0 Å². The van der Waals surface area contributed by atoms with Gasteiger partial charge in [-0.15, -0.1) is 12.6 Å². The fraction of sp³-hybridized carbons (Fsp3) is 0.917. The van der Waals surface area contributed by atoms with Crippen molar-refractivity contribution in [3.05, 3.63) is 0 Å². The Kier molecular flexibility index (Phi) is 9.58. The van der Waals surface area contributed by atoms with Gasteiger partial charge in [0, 0.05) is 5.92 Å². The van der Waals surface area contributed by atoms with Crippen LogP contribution in [0.25, 0.3) is 0 Å². The fourth-order valence-corrected chi connectivity index (χ4v) is 1.99. The molecule has 1 nitrogen and oxygen atoms in total. The number of thiol groups is 1. The Hall–Kier alpha value is 0.0200. The van der Waals surface area contributed by atoms with Crippen LogP contribution in [0.5, 0.6) is 0 Å². The molecule has 14 heavy (non-hydrogen) atoms. The molecule has 0 spiro atoms. The maximum absolute atomic E-state index is 11.1. The lowest BCUT2D eigenvalue weighted by molar-refractivity contribution is -0.114. The number of carbonyl (C=O) groups is 1. The minimum Gasteiger partial charge on any atom is -0.287 e. The summed E-state index contributed by atoms with van der Waals surface area (Å²) in [5.41, 5.74) is 0. The van der Waals surface area contributed by atoms with Gasteiger partial charge in [0.05, 0.1) is 0 Å². The van der Waals surface area contributed by atoms with Gasteiger partial charge in [0.25, 0.3) is 0 Å². The average Bonchev–Trinajstić information content (AvgIpc) is 2.15. The van der Waals surface area contributed by atoms with Gasteiger partial charge in [0.1, 0.15) is 0 Å². The van der Waals surface area contributed by atoms with Crippen LogP contribution in [0.3, 0.4) is 0 Å². The second-order valence-electron chi connectivity index (χ2n) is 4.03. The molecule has 0 N–H and O–H groups in total. The van der Waals surface area contributed by atoms with Crippen LogP contribution in [0, 0.1) is 5.92 Å². The van der Waals surface area contributed by atoms with E-state index in [-0.39, 0.29) is 11.0 Å². The first-order valence-corrected chi connectivity index (χ1v) is 6.39. The summed E-state index contributed by atoms with van der Waals surface area (Å²) in [6.45, 7) is 4.35. The van der Waals surface area contributed by atoms with Crippen LogP contribution < -0.4 is 0 Å². The van der Waals surface area contributed by atoms with E-state index in [4.69, 9.17) is 0 Å². The molecule has 1 atom stereocenters. The van der Waals surface area contributed by atoms with Crippen LogP contribution >= 0.6 is 12.6 Å². The van der Waals surface area contributed by atoms with E-state index in [1.54, 1.807) is 0 Å². The molecule has 0 heterocycles. The summed E-state index contributed by atoms with van der Waals surface area (Å²) in [6.07, 6.45) is 9.53. The van der Waals surface area contributed by atoms with Crippen LogP contribution in [0.2, 0.25) is 0 Å². The minimum absolute atomic E-state index is 0.0855. The fourth-order valence-electron chi connectivity index (χ4n) is 1.73. The van der Waals surface area contributed by atoms with Gasteiger partial charge in [0.2, 0.25) is 0 Å². The van der Waals surface area contributed by atoms with E-state index in [1.165, 1.54) is 32.1 Å². The normalized spacial score (nSPS) is 12.8. The Morgan fingerprint density at radius 3 is 2.14 bits per heavy atom. The lowest BCUT2D eigenvalue weighted by Crippen LogP contribution is -2.08. The molecule has 0 aromatic rings. The zero-order chi connectivity index (χ0) is 10.8. The highest BCUT2D eigenvalue weighted by molar-refractivity contribution is 7.96. The molecule has 0 radical (unpaired) electrons. The van der Waals surface area contributed by atoms with Crippen LogP contribution in [-0.2, 0) is 4.79 Å². The molecule has 0 aromatic carbocycles. The molecule has 0 aliphatic rings. The number of hydrogen-bond acceptors (Lipinski definition) is 1. The highest BCUT2D eigenvalue weighted by Gasteiger charge is 2.12. The molecule has 0 saturated carbocycles. The first kappa shape index (κ1) is 14.0. The van der Waals surface area contributed by atoms with Gasteiger partial charge in [-0.3, -0.25) is 4.79 Å². The zero-order valence-electron chi connectivity index (χ0n) is 9.59. The quantitative estimate of drug-likeness (QED) is 0.451. The van der Waals surface area contributed by atoms with Gasteiger partial charge in [-0.25, -0.2) is 0 Å². The van der Waals surface area contributed by atoms with E-state index in [0.29, 0.717) is 0 Å². The van der Waals surface area contributed by atoms with Crippen molar-refractivity contribution < 1.29 is 4.79 Å². The number of unbranched alkanes of at least 4 members (excludes halogenated alkanes) is 4. The van der Waals surface area contributed by atoms with Crippen LogP contribution in [0.1, 0.15) is 65.2 Å². The van der Waals surface area contributed by atoms with E-state index >= 15 is 0 Å². The predicted molar refractivity (Wildman–Crippen MR) is 65.8 cm³/mol. The molecular weight excluding hydrogens is 192 g/mol. The average molecular weight is 216 g/mol. The second kappa shape index (κ2) is 9.57. The molecule has 0 saturated heterocycles. The molecule has 0 rings (SSSR count). The Morgan fingerprint density at radius 1 is 1.00 bits per heavy atom. The largest absolute Gasteiger partial charge is 0.287 e. The summed E-state index contributed by atoms with van der Waals surface area (Å²) in [4.78, 5) is 11.1. The number of carbonyl (C=O) groups excluding carboxylic acids is 1. The zero-order valence-corrected chi connectivity index (χ0v) is 10.5. The van der Waals surface area contributed by atoms with Gasteiger partial charge in [-0.1, -0.05) is 52.4 Å². The second-order valence-corrected chi connectivity index (χ2v) is 4.47. The summed E-state index contributed by atoms with van der Waals surface area (Å²) < 4.78 is 0. The van der Waals surface area contributed by atoms with E-state index in [9.17, 15) is 4.79 Å². The third-order valence-corrected chi connectivity index (χ3v) is 3.01. The van der Waals surface area contributed by atoms with Crippen molar-refractivity contribution in [1.82, 2.24) is 0 Å². The maximum atomic E-state index is 11.1. The van der Waals surface area contributed by atoms with E-state index < -0.39 is 0 Å². The van der Waals surface area contributed by atoms with E-state index in [1.807, 2.05) is 0 Å². The Labute approximate surface area is 94.1 Å². The molecule has 1 unspecified atom stereocenters. The number of rotatable bonds is 9. The molecule has 2 heteroatoms. The Balaban J connectivity index is 3.46. The SMILES string of the molecule is CCCCCCCC(CCC)C(=O)S. The Morgan fingerprint density at radius 2 is 1.64 bits per heavy atom. The molecular formula is C12H24OS. The maximum Gasteiger partial charge on any atom is 0.188 e. The molecule has 0 bridgehead atoms. The van der Waals surface area contributed by atoms with Crippen molar-refractivity contribution in [2.24, 2.45) is 5.92 Å². The molecule has 0 amide bonds. The predicted octanol–water partition coefficient (Wildman–Crippen LogP) is 4.22. The summed E-state index contributed by atoms with van der Waals surface area (Å²) in [5, 5.41) is 0.0855. The van der Waals surface area contributed by atoms with Gasteiger partial charge in [-0.05, 0) is 12.8 Å². The van der Waals surface area contributed by atoms with Crippen LogP contribution in [-0.4, -0.2) is 5.12 Å². The third-order valence-electron chi connectivity index (χ3n) is 2.64. The Bertz CT molecular complexity index is 145. The monoisotopic (exact) mass is 216 g/mol. The van der Waals surface area contributed by atoms with Crippen molar-refractivity contribution in [2.75, 3.05) is 0 Å². The third kappa shape index (κ3) is 7.43. The highest BCUT2D eigenvalue weighted by Crippen LogP contribution is 2.18. The van der Waals surface area contributed by atoms with E-state index in [0.717, 1.165) is 19.3 Å². The molecule has 84 valence electrons. The minimum atomic E-state index is 0.0855. The van der Waals surface area contributed by atoms with Crippen molar-refractivity contribution >= 4 is 17.7 Å². The first-order valence-electron chi connectivity index (χ1n) is 5.95. The summed E-state index contributed by atoms with van der Waals surface area (Å²) in [5.74, 6) is 0.213. The van der Waals surface area contributed by atoms with Crippen molar-refractivity contribution in [1.29, 1.82) is 0 Å². The van der Waals surface area contributed by atoms with Crippen molar-refractivity contribution in [3.63, 3.8) is 0 Å². The molecule has 0 aliphatic carbocycles. The number of hydrogen-bond donors (Lipinski definition) is 1. The van der Waals surface area contributed by atoms with Gasteiger partial charge < -0.3 is 0 Å². The lowest BCUT2D eigenvalue weighted by Gasteiger charge is -2.11. The van der Waals surface area contributed by atoms with Crippen molar-refractivity contribution in [2.45, 2.75) is 65.2 Å². The molecule has 0 aliphatic heterocycles. The summed E-state index contributed by atoms with van der Waals surface area (Å²) in [7, 11) is 0. The van der Waals surface area contributed by atoms with Gasteiger partial charge >= 0.3 is 0 Å². The summed E-state index contributed by atoms with van der Waals surface area (Å²) >= 11 is 3.93.